The van der Waals surface area contributed by atoms with Crippen molar-refractivity contribution in [3.63, 3.8) is 0 Å². The molecule has 20 heavy (non-hydrogen) atoms. The average Bonchev–Trinajstić information content (AvgIpc) is 3.23. The third kappa shape index (κ3) is 3.80. The van der Waals surface area contributed by atoms with Crippen LogP contribution in [0.25, 0.3) is 0 Å². The molecule has 1 aromatic carbocycles. The number of hydrogen-bond donors (Lipinski definition) is 1. The van der Waals surface area contributed by atoms with Gasteiger partial charge in [0.05, 0.1) is 0 Å². The Hall–Kier alpha value is -1.40. The number of hydrogen-bond acceptors (Lipinski definition) is 5. The van der Waals surface area contributed by atoms with Crippen molar-refractivity contribution < 1.29 is 4.79 Å². The molecule has 1 amide bonds. The molecule has 1 aromatic heterocycles. The first-order chi connectivity index (χ1) is 9.81. The third-order valence-corrected chi connectivity index (χ3v) is 5.02. The van der Waals surface area contributed by atoms with Gasteiger partial charge in [-0.25, -0.2) is 0 Å². The Kier molecular flexibility index (Phi) is 4.32. The van der Waals surface area contributed by atoms with E-state index in [1.54, 1.807) is 11.8 Å². The van der Waals surface area contributed by atoms with Gasteiger partial charge in [-0.1, -0.05) is 53.4 Å². The minimum atomic E-state index is 0.0852. The summed E-state index contributed by atoms with van der Waals surface area (Å²) in [6.45, 7) is 0. The quantitative estimate of drug-likeness (QED) is 0.657. The van der Waals surface area contributed by atoms with Crippen molar-refractivity contribution in [3.05, 3.63) is 35.9 Å². The molecule has 6 heteroatoms. The lowest BCUT2D eigenvalue weighted by Crippen LogP contribution is -2.12. The molecule has 0 radical (unpaired) electrons. The first-order valence-corrected chi connectivity index (χ1v) is 8.42. The van der Waals surface area contributed by atoms with Gasteiger partial charge in [0.25, 0.3) is 0 Å². The molecule has 4 nitrogen and oxygen atoms in total. The first-order valence-electron chi connectivity index (χ1n) is 6.62. The molecule has 1 aliphatic carbocycles. The van der Waals surface area contributed by atoms with E-state index in [4.69, 9.17) is 0 Å². The van der Waals surface area contributed by atoms with E-state index >= 15 is 0 Å². The summed E-state index contributed by atoms with van der Waals surface area (Å²) in [5.74, 6) is 1.25. The molecule has 0 unspecified atom stereocenters. The van der Waals surface area contributed by atoms with Gasteiger partial charge in [-0.05, 0) is 24.8 Å². The molecular formula is C14H15N3OS2. The van der Waals surface area contributed by atoms with Crippen LogP contribution in [-0.2, 0) is 11.2 Å². The summed E-state index contributed by atoms with van der Waals surface area (Å²) in [5.41, 5.74) is 1.33. The van der Waals surface area contributed by atoms with Gasteiger partial charge >= 0.3 is 0 Å². The van der Waals surface area contributed by atoms with E-state index in [2.05, 4.69) is 39.8 Å². The molecule has 0 saturated heterocycles. The van der Waals surface area contributed by atoms with Gasteiger partial charge in [0, 0.05) is 11.7 Å². The fourth-order valence-corrected chi connectivity index (χ4v) is 3.59. The summed E-state index contributed by atoms with van der Waals surface area (Å²) in [7, 11) is 0. The zero-order valence-electron chi connectivity index (χ0n) is 10.9. The molecule has 3 rings (SSSR count). The Labute approximate surface area is 126 Å². The lowest BCUT2D eigenvalue weighted by atomic mass is 10.2. The van der Waals surface area contributed by atoms with Crippen LogP contribution >= 0.6 is 23.1 Å². The van der Waals surface area contributed by atoms with Gasteiger partial charge in [-0.15, -0.1) is 10.2 Å². The Morgan fingerprint density at radius 1 is 1.30 bits per heavy atom. The predicted octanol–water partition coefficient (Wildman–Crippen LogP) is 3.22. The molecule has 1 heterocycles. The number of rotatable bonds is 6. The second kappa shape index (κ2) is 6.37. The maximum atomic E-state index is 11.6. The standard InChI is InChI=1S/C14H15N3OS2/c18-12(11-6-7-11)15-13-16-17-14(20-13)19-9-8-10-4-2-1-3-5-10/h1-5,11H,6-9H2,(H,15,16,18). The van der Waals surface area contributed by atoms with Crippen LogP contribution in [0.15, 0.2) is 34.7 Å². The molecule has 0 aliphatic heterocycles. The average molecular weight is 305 g/mol. The smallest absolute Gasteiger partial charge is 0.229 e. The first kappa shape index (κ1) is 13.6. The fraction of sp³-hybridized carbons (Fsp3) is 0.357. The van der Waals surface area contributed by atoms with Crippen molar-refractivity contribution in [2.75, 3.05) is 11.1 Å². The molecule has 1 N–H and O–H groups in total. The second-order valence-electron chi connectivity index (χ2n) is 4.72. The molecule has 0 bridgehead atoms. The monoisotopic (exact) mass is 305 g/mol. The summed E-state index contributed by atoms with van der Waals surface area (Å²) in [6, 6.07) is 10.4. The van der Waals surface area contributed by atoms with E-state index in [0.717, 1.165) is 29.4 Å². The minimum Gasteiger partial charge on any atom is -0.300 e. The largest absolute Gasteiger partial charge is 0.300 e. The normalized spacial score (nSPS) is 14.2. The van der Waals surface area contributed by atoms with Crippen LogP contribution in [0.2, 0.25) is 0 Å². The Bertz CT molecular complexity index is 581. The molecule has 0 spiro atoms. The number of nitrogens with zero attached hydrogens (tertiary/aromatic N) is 2. The molecule has 2 aromatic rings. The highest BCUT2D eigenvalue weighted by Gasteiger charge is 2.30. The van der Waals surface area contributed by atoms with E-state index in [-0.39, 0.29) is 11.8 Å². The van der Waals surface area contributed by atoms with Gasteiger partial charge in [0.2, 0.25) is 11.0 Å². The van der Waals surface area contributed by atoms with Crippen LogP contribution in [0.3, 0.4) is 0 Å². The van der Waals surface area contributed by atoms with E-state index in [0.29, 0.717) is 5.13 Å². The van der Waals surface area contributed by atoms with E-state index in [9.17, 15) is 4.79 Å². The van der Waals surface area contributed by atoms with Gasteiger partial charge in [0.1, 0.15) is 0 Å². The van der Waals surface area contributed by atoms with Crippen LogP contribution < -0.4 is 5.32 Å². The van der Waals surface area contributed by atoms with Gasteiger partial charge in [-0.2, -0.15) is 0 Å². The van der Waals surface area contributed by atoms with Gasteiger partial charge in [-0.3, -0.25) is 4.79 Å². The third-order valence-electron chi connectivity index (χ3n) is 3.04. The molecule has 1 aliphatic rings. The number of aryl methyl sites for hydroxylation is 1. The van der Waals surface area contributed by atoms with Crippen LogP contribution in [0.1, 0.15) is 18.4 Å². The maximum absolute atomic E-state index is 11.6. The number of nitrogens with one attached hydrogen (secondary N) is 1. The molecule has 1 saturated carbocycles. The van der Waals surface area contributed by atoms with Gasteiger partial charge < -0.3 is 5.32 Å². The van der Waals surface area contributed by atoms with E-state index in [1.165, 1.54) is 16.9 Å². The number of anilines is 1. The number of aromatic nitrogens is 2. The SMILES string of the molecule is O=C(Nc1nnc(SCCc2ccccc2)s1)C1CC1. The lowest BCUT2D eigenvalue weighted by molar-refractivity contribution is -0.117. The Morgan fingerprint density at radius 3 is 2.85 bits per heavy atom. The van der Waals surface area contributed by atoms with E-state index in [1.807, 2.05) is 6.07 Å². The number of carbonyl (C=O) groups excluding carboxylic acids is 1. The Morgan fingerprint density at radius 2 is 2.10 bits per heavy atom. The molecule has 104 valence electrons. The summed E-state index contributed by atoms with van der Waals surface area (Å²) < 4.78 is 0.909. The maximum Gasteiger partial charge on any atom is 0.229 e. The zero-order chi connectivity index (χ0) is 13.8. The van der Waals surface area contributed by atoms with Crippen LogP contribution in [0.5, 0.6) is 0 Å². The second-order valence-corrected chi connectivity index (χ2v) is 7.04. The van der Waals surface area contributed by atoms with Crippen LogP contribution in [-0.4, -0.2) is 21.9 Å². The minimum absolute atomic E-state index is 0.0852. The van der Waals surface area contributed by atoms with Crippen molar-refractivity contribution in [2.24, 2.45) is 5.92 Å². The highest BCUT2D eigenvalue weighted by atomic mass is 32.2. The van der Waals surface area contributed by atoms with Gasteiger partial charge in [0.15, 0.2) is 4.34 Å². The number of thioether (sulfide) groups is 1. The van der Waals surface area contributed by atoms with Crippen LogP contribution in [0, 0.1) is 5.92 Å². The molecular weight excluding hydrogens is 290 g/mol. The lowest BCUT2D eigenvalue weighted by Gasteiger charge is -1.98. The van der Waals surface area contributed by atoms with Crippen molar-refractivity contribution in [3.8, 4) is 0 Å². The number of carbonyl (C=O) groups is 1. The summed E-state index contributed by atoms with van der Waals surface area (Å²) >= 11 is 3.13. The predicted molar refractivity (Wildman–Crippen MR) is 82.1 cm³/mol. The fourth-order valence-electron chi connectivity index (χ4n) is 1.77. The molecule has 1 fully saturated rings. The summed E-state index contributed by atoms with van der Waals surface area (Å²) in [5, 5.41) is 11.5. The topological polar surface area (TPSA) is 54.9 Å². The van der Waals surface area contributed by atoms with E-state index < -0.39 is 0 Å². The van der Waals surface area contributed by atoms with Crippen molar-refractivity contribution >= 4 is 34.1 Å². The highest BCUT2D eigenvalue weighted by Crippen LogP contribution is 2.31. The number of benzene rings is 1. The van der Waals surface area contributed by atoms with Crippen molar-refractivity contribution in [2.45, 2.75) is 23.6 Å². The van der Waals surface area contributed by atoms with Crippen molar-refractivity contribution in [1.29, 1.82) is 0 Å². The Balaban J connectivity index is 1.46. The van der Waals surface area contributed by atoms with Crippen molar-refractivity contribution in [1.82, 2.24) is 10.2 Å². The molecule has 0 atom stereocenters. The van der Waals surface area contributed by atoms with Crippen LogP contribution in [0.4, 0.5) is 5.13 Å². The number of amides is 1. The summed E-state index contributed by atoms with van der Waals surface area (Å²) in [4.78, 5) is 11.6. The zero-order valence-corrected chi connectivity index (χ0v) is 12.5. The highest BCUT2D eigenvalue weighted by molar-refractivity contribution is 8.01. The summed E-state index contributed by atoms with van der Waals surface area (Å²) in [6.07, 6.45) is 3.02.